The second-order valence-corrected chi connectivity index (χ2v) is 7.74. The minimum atomic E-state index is -0.722. The first-order valence-electron chi connectivity index (χ1n) is 9.50. The second kappa shape index (κ2) is 8.03. The zero-order chi connectivity index (χ0) is 22.2. The highest BCUT2D eigenvalue weighted by molar-refractivity contribution is 6.39. The summed E-state index contributed by atoms with van der Waals surface area (Å²) in [5, 5.41) is 14.2. The summed E-state index contributed by atoms with van der Waals surface area (Å²) < 4.78 is 5.38. The molecule has 9 heteroatoms. The van der Waals surface area contributed by atoms with Crippen molar-refractivity contribution in [1.29, 1.82) is 0 Å². The van der Waals surface area contributed by atoms with E-state index < -0.39 is 6.09 Å². The van der Waals surface area contributed by atoms with Crippen LogP contribution in [0.5, 0.6) is 11.5 Å². The van der Waals surface area contributed by atoms with Gasteiger partial charge < -0.3 is 14.8 Å². The molecule has 0 fully saturated rings. The number of aromatic amines is 1. The lowest BCUT2D eigenvalue weighted by molar-refractivity contribution is 0.215. The number of benzene rings is 3. The molecule has 3 aromatic carbocycles. The third kappa shape index (κ3) is 3.79. The zero-order valence-electron chi connectivity index (χ0n) is 16.3. The minimum Gasteiger partial charge on any atom is -0.506 e. The van der Waals surface area contributed by atoms with Crippen molar-refractivity contribution in [3.05, 3.63) is 76.8 Å². The van der Waals surface area contributed by atoms with Crippen LogP contribution in [0, 0.1) is 0 Å². The Bertz CT molecular complexity index is 1480. The number of aromatic nitrogens is 3. The van der Waals surface area contributed by atoms with E-state index in [0.717, 1.165) is 5.39 Å². The number of hydrogen-bond acceptors (Lipinski definition) is 5. The highest BCUT2D eigenvalue weighted by atomic mass is 35.5. The molecule has 3 N–H and O–H groups in total. The third-order valence-electron chi connectivity index (χ3n) is 4.79. The van der Waals surface area contributed by atoms with Gasteiger partial charge in [-0.2, -0.15) is 0 Å². The Morgan fingerprint density at radius 2 is 1.75 bits per heavy atom. The molecule has 0 atom stereocenters. The lowest BCUT2D eigenvalue weighted by atomic mass is 10.2. The SMILES string of the molecule is O=C(Nc1ccc2cccc(O)c2n1)Oc1ccc2nc(-c3c(Cl)cccc3Cl)[nH]c2c1. The fourth-order valence-corrected chi connectivity index (χ4v) is 3.91. The van der Waals surface area contributed by atoms with Gasteiger partial charge in [-0.15, -0.1) is 0 Å². The van der Waals surface area contributed by atoms with Crippen molar-refractivity contribution in [1.82, 2.24) is 15.0 Å². The number of fused-ring (bicyclic) bond motifs is 2. The van der Waals surface area contributed by atoms with Crippen LogP contribution < -0.4 is 10.1 Å². The Balaban J connectivity index is 1.37. The van der Waals surface area contributed by atoms with Crippen LogP contribution in [0.3, 0.4) is 0 Å². The van der Waals surface area contributed by atoms with Gasteiger partial charge in [0.1, 0.15) is 28.7 Å². The monoisotopic (exact) mass is 464 g/mol. The Kier molecular flexibility index (Phi) is 5.05. The summed E-state index contributed by atoms with van der Waals surface area (Å²) in [6.07, 6.45) is -0.722. The number of para-hydroxylation sites is 1. The molecule has 0 aliphatic rings. The van der Waals surface area contributed by atoms with Crippen LogP contribution in [0.2, 0.25) is 10.0 Å². The molecular weight excluding hydrogens is 451 g/mol. The predicted molar refractivity (Wildman–Crippen MR) is 125 cm³/mol. The number of phenols is 1. The number of nitrogens with one attached hydrogen (secondary N) is 2. The van der Waals surface area contributed by atoms with Crippen molar-refractivity contribution in [3.8, 4) is 22.9 Å². The lowest BCUT2D eigenvalue weighted by Crippen LogP contribution is -2.17. The number of ether oxygens (including phenoxy) is 1. The number of carbonyl (C=O) groups is 1. The van der Waals surface area contributed by atoms with Crippen LogP contribution in [-0.2, 0) is 0 Å². The van der Waals surface area contributed by atoms with Crippen molar-refractivity contribution in [2.75, 3.05) is 5.32 Å². The smallest absolute Gasteiger partial charge is 0.418 e. The first-order chi connectivity index (χ1) is 15.5. The van der Waals surface area contributed by atoms with Gasteiger partial charge in [0.2, 0.25) is 0 Å². The van der Waals surface area contributed by atoms with Gasteiger partial charge >= 0.3 is 6.09 Å². The summed E-state index contributed by atoms with van der Waals surface area (Å²) in [4.78, 5) is 24.3. The molecule has 0 unspecified atom stereocenters. The Labute approximate surface area is 191 Å². The molecule has 2 aromatic heterocycles. The van der Waals surface area contributed by atoms with E-state index in [2.05, 4.69) is 20.3 Å². The molecule has 5 rings (SSSR count). The van der Waals surface area contributed by atoms with E-state index in [1.54, 1.807) is 54.6 Å². The number of anilines is 1. The van der Waals surface area contributed by atoms with E-state index in [0.29, 0.717) is 43.7 Å². The van der Waals surface area contributed by atoms with Crippen molar-refractivity contribution in [2.24, 2.45) is 0 Å². The number of H-pyrrole nitrogens is 1. The fraction of sp³-hybridized carbons (Fsp3) is 0. The number of nitrogens with zero attached hydrogens (tertiary/aromatic N) is 2. The summed E-state index contributed by atoms with van der Waals surface area (Å²) in [6, 6.07) is 18.6. The van der Waals surface area contributed by atoms with E-state index in [1.807, 2.05) is 6.07 Å². The highest BCUT2D eigenvalue weighted by Crippen LogP contribution is 2.34. The number of rotatable bonds is 3. The van der Waals surface area contributed by atoms with Gasteiger partial charge in [-0.1, -0.05) is 41.4 Å². The number of carbonyl (C=O) groups excluding carboxylic acids is 1. The van der Waals surface area contributed by atoms with E-state index in [4.69, 9.17) is 27.9 Å². The average molecular weight is 465 g/mol. The molecule has 1 amide bonds. The maximum absolute atomic E-state index is 12.4. The Morgan fingerprint density at radius 1 is 0.969 bits per heavy atom. The van der Waals surface area contributed by atoms with Gasteiger partial charge in [0.25, 0.3) is 0 Å². The zero-order valence-corrected chi connectivity index (χ0v) is 17.8. The highest BCUT2D eigenvalue weighted by Gasteiger charge is 2.14. The van der Waals surface area contributed by atoms with Crippen molar-refractivity contribution < 1.29 is 14.6 Å². The first-order valence-corrected chi connectivity index (χ1v) is 10.3. The summed E-state index contributed by atoms with van der Waals surface area (Å²) >= 11 is 12.5. The third-order valence-corrected chi connectivity index (χ3v) is 5.42. The number of halogens is 2. The standard InChI is InChI=1S/C23H14Cl2N4O3/c24-14-4-2-5-15(25)20(14)22-26-16-9-8-13(11-17(16)27-22)32-23(31)29-19-10-7-12-3-1-6-18(30)21(12)28-19/h1-11,30H,(H,26,27)(H,28,29,31). The van der Waals surface area contributed by atoms with Crippen LogP contribution in [0.1, 0.15) is 0 Å². The van der Waals surface area contributed by atoms with Crippen molar-refractivity contribution >= 4 is 57.0 Å². The molecule has 2 heterocycles. The molecular formula is C23H14Cl2N4O3. The molecule has 7 nitrogen and oxygen atoms in total. The average Bonchev–Trinajstić information content (AvgIpc) is 3.17. The summed E-state index contributed by atoms with van der Waals surface area (Å²) in [5.41, 5.74) is 2.29. The van der Waals surface area contributed by atoms with Crippen molar-refractivity contribution in [2.45, 2.75) is 0 Å². The van der Waals surface area contributed by atoms with E-state index >= 15 is 0 Å². The van der Waals surface area contributed by atoms with Crippen LogP contribution in [-0.4, -0.2) is 26.2 Å². The molecule has 0 bridgehead atoms. The Hall–Kier alpha value is -3.81. The molecule has 32 heavy (non-hydrogen) atoms. The van der Waals surface area contributed by atoms with Crippen LogP contribution in [0.25, 0.3) is 33.3 Å². The summed E-state index contributed by atoms with van der Waals surface area (Å²) in [6.45, 7) is 0. The molecule has 5 aromatic rings. The summed E-state index contributed by atoms with van der Waals surface area (Å²) in [7, 11) is 0. The van der Waals surface area contributed by atoms with Crippen LogP contribution >= 0.6 is 23.2 Å². The number of pyridine rings is 1. The fourth-order valence-electron chi connectivity index (χ4n) is 3.33. The molecule has 0 radical (unpaired) electrons. The number of aromatic hydroxyl groups is 1. The van der Waals surface area contributed by atoms with Crippen molar-refractivity contribution in [3.63, 3.8) is 0 Å². The van der Waals surface area contributed by atoms with Crippen LogP contribution in [0.15, 0.2) is 66.7 Å². The number of phenolic OH excluding ortho intramolecular Hbond substituents is 1. The first kappa shape index (κ1) is 20.1. The van der Waals surface area contributed by atoms with Crippen LogP contribution in [0.4, 0.5) is 10.6 Å². The molecule has 158 valence electrons. The molecule has 0 saturated carbocycles. The maximum atomic E-state index is 12.4. The normalized spacial score (nSPS) is 11.1. The molecule has 0 spiro atoms. The van der Waals surface area contributed by atoms with E-state index in [1.165, 1.54) is 6.07 Å². The van der Waals surface area contributed by atoms with E-state index in [-0.39, 0.29) is 11.6 Å². The second-order valence-electron chi connectivity index (χ2n) is 6.92. The van der Waals surface area contributed by atoms with Gasteiger partial charge in [-0.05, 0) is 42.5 Å². The summed E-state index contributed by atoms with van der Waals surface area (Å²) in [5.74, 6) is 1.09. The molecule has 0 aliphatic heterocycles. The van der Waals surface area contributed by atoms with E-state index in [9.17, 15) is 9.90 Å². The lowest BCUT2D eigenvalue weighted by Gasteiger charge is -2.07. The van der Waals surface area contributed by atoms with Gasteiger partial charge in [0, 0.05) is 11.5 Å². The predicted octanol–water partition coefficient (Wildman–Crippen LogP) is 6.40. The number of amides is 1. The van der Waals surface area contributed by atoms with Gasteiger partial charge in [-0.3, -0.25) is 5.32 Å². The topological polar surface area (TPSA) is 100 Å². The minimum absolute atomic E-state index is 0.0265. The van der Waals surface area contributed by atoms with Gasteiger partial charge in [0.15, 0.2) is 0 Å². The number of hydrogen-bond donors (Lipinski definition) is 3. The van der Waals surface area contributed by atoms with Gasteiger partial charge in [0.05, 0.1) is 26.6 Å². The quantitative estimate of drug-likeness (QED) is 0.286. The molecule has 0 saturated heterocycles. The van der Waals surface area contributed by atoms with Gasteiger partial charge in [-0.25, -0.2) is 14.8 Å². The Morgan fingerprint density at radius 3 is 2.56 bits per heavy atom. The maximum Gasteiger partial charge on any atom is 0.418 e. The largest absolute Gasteiger partial charge is 0.506 e. The molecule has 0 aliphatic carbocycles. The number of imidazole rings is 1.